The molecule has 2 aromatic carbocycles. The second kappa shape index (κ2) is 6.56. The van der Waals surface area contributed by atoms with E-state index in [1.807, 2.05) is 31.2 Å². The van der Waals surface area contributed by atoms with Crippen molar-refractivity contribution in [3.05, 3.63) is 79.6 Å². The van der Waals surface area contributed by atoms with E-state index in [9.17, 15) is 4.79 Å². The van der Waals surface area contributed by atoms with E-state index in [0.717, 1.165) is 21.5 Å². The molecule has 116 valence electrons. The van der Waals surface area contributed by atoms with Gasteiger partial charge in [0, 0.05) is 21.4 Å². The number of aliphatic imine (C=N–C) groups is 1. The maximum Gasteiger partial charge on any atom is 0.280 e. The highest BCUT2D eigenvalue weighted by Gasteiger charge is 2.10. The van der Waals surface area contributed by atoms with Gasteiger partial charge in [-0.05, 0) is 59.3 Å². The summed E-state index contributed by atoms with van der Waals surface area (Å²) in [5.74, 6) is 0. The molecule has 6 heteroatoms. The van der Waals surface area contributed by atoms with Gasteiger partial charge in [-0.25, -0.2) is 4.68 Å². The van der Waals surface area contributed by atoms with Crippen molar-refractivity contribution in [2.75, 3.05) is 0 Å². The lowest BCUT2D eigenvalue weighted by atomic mass is 10.2. The number of H-pyrrole nitrogens is 1. The lowest BCUT2D eigenvalue weighted by Gasteiger charge is -2.00. The van der Waals surface area contributed by atoms with E-state index >= 15 is 0 Å². The van der Waals surface area contributed by atoms with Crippen LogP contribution in [0.25, 0.3) is 5.69 Å². The first-order chi connectivity index (χ1) is 11.1. The largest absolute Gasteiger partial charge is 0.295 e. The van der Waals surface area contributed by atoms with Crippen LogP contribution in [-0.2, 0) is 0 Å². The van der Waals surface area contributed by atoms with Gasteiger partial charge in [0.1, 0.15) is 0 Å². The molecule has 0 saturated heterocycles. The first kappa shape index (κ1) is 15.8. The highest BCUT2D eigenvalue weighted by Crippen LogP contribution is 2.24. The number of halogens is 2. The van der Waals surface area contributed by atoms with E-state index < -0.39 is 0 Å². The molecule has 1 N–H and O–H groups in total. The molecule has 0 fully saturated rings. The molecule has 0 amide bonds. The standard InChI is InChI=1S/C17H13BrClN3O/c1-11-14(10-20-16-5-3-2-4-15(16)18)17(23)22(21-11)13-8-6-12(19)7-9-13/h2-10,21H,1H3. The Morgan fingerprint density at radius 3 is 2.57 bits per heavy atom. The number of nitrogens with zero attached hydrogens (tertiary/aromatic N) is 2. The molecular formula is C17H13BrClN3O. The van der Waals surface area contributed by atoms with Gasteiger partial charge in [-0.3, -0.25) is 14.9 Å². The van der Waals surface area contributed by atoms with Gasteiger partial charge >= 0.3 is 0 Å². The van der Waals surface area contributed by atoms with Crippen molar-refractivity contribution >= 4 is 39.4 Å². The van der Waals surface area contributed by atoms with Crippen molar-refractivity contribution in [3.8, 4) is 5.69 Å². The number of hydrogen-bond donors (Lipinski definition) is 1. The molecule has 0 saturated carbocycles. The third kappa shape index (κ3) is 3.30. The molecule has 0 radical (unpaired) electrons. The zero-order valence-corrected chi connectivity index (χ0v) is 14.6. The number of aromatic nitrogens is 2. The Morgan fingerprint density at radius 2 is 1.87 bits per heavy atom. The van der Waals surface area contributed by atoms with Crippen LogP contribution < -0.4 is 5.56 Å². The quantitative estimate of drug-likeness (QED) is 0.651. The predicted molar refractivity (Wildman–Crippen MR) is 97.5 cm³/mol. The summed E-state index contributed by atoms with van der Waals surface area (Å²) in [5.41, 5.74) is 2.62. The van der Waals surface area contributed by atoms with E-state index in [-0.39, 0.29) is 5.56 Å². The van der Waals surface area contributed by atoms with Crippen LogP contribution in [0.1, 0.15) is 11.3 Å². The maximum absolute atomic E-state index is 12.6. The molecule has 3 rings (SSSR count). The maximum atomic E-state index is 12.6. The second-order valence-corrected chi connectivity index (χ2v) is 6.27. The van der Waals surface area contributed by atoms with Crippen molar-refractivity contribution in [2.24, 2.45) is 4.99 Å². The van der Waals surface area contributed by atoms with Crippen LogP contribution in [0.4, 0.5) is 5.69 Å². The van der Waals surface area contributed by atoms with Crippen molar-refractivity contribution in [2.45, 2.75) is 6.92 Å². The van der Waals surface area contributed by atoms with E-state index in [4.69, 9.17) is 11.6 Å². The Hall–Kier alpha value is -2.11. The van der Waals surface area contributed by atoms with Crippen LogP contribution in [0.15, 0.2) is 62.8 Å². The van der Waals surface area contributed by atoms with E-state index in [1.54, 1.807) is 30.5 Å². The first-order valence-electron chi connectivity index (χ1n) is 6.92. The van der Waals surface area contributed by atoms with Gasteiger partial charge in [0.05, 0.1) is 16.9 Å². The van der Waals surface area contributed by atoms with Crippen LogP contribution >= 0.6 is 27.5 Å². The number of aryl methyl sites for hydroxylation is 1. The van der Waals surface area contributed by atoms with Crippen molar-refractivity contribution in [3.63, 3.8) is 0 Å². The Balaban J connectivity index is 2.00. The summed E-state index contributed by atoms with van der Waals surface area (Å²) in [6.07, 6.45) is 1.58. The van der Waals surface area contributed by atoms with Gasteiger partial charge in [-0.15, -0.1) is 0 Å². The molecule has 0 aliphatic rings. The molecule has 0 spiro atoms. The van der Waals surface area contributed by atoms with Crippen LogP contribution in [0.5, 0.6) is 0 Å². The fourth-order valence-electron chi connectivity index (χ4n) is 2.17. The summed E-state index contributed by atoms with van der Waals surface area (Å²) in [6.45, 7) is 1.84. The number of rotatable bonds is 3. The van der Waals surface area contributed by atoms with Crippen LogP contribution in [0, 0.1) is 6.92 Å². The Bertz CT molecular complexity index is 926. The fourth-order valence-corrected chi connectivity index (χ4v) is 2.69. The summed E-state index contributed by atoms with van der Waals surface area (Å²) in [7, 11) is 0. The zero-order valence-electron chi connectivity index (χ0n) is 12.3. The molecule has 0 atom stereocenters. The molecule has 3 aromatic rings. The highest BCUT2D eigenvalue weighted by molar-refractivity contribution is 9.10. The monoisotopic (exact) mass is 389 g/mol. The first-order valence-corrected chi connectivity index (χ1v) is 8.09. The van der Waals surface area contributed by atoms with Gasteiger partial charge in [-0.2, -0.15) is 0 Å². The summed E-state index contributed by atoms with van der Waals surface area (Å²) < 4.78 is 2.36. The molecule has 0 aliphatic heterocycles. The number of aromatic amines is 1. The van der Waals surface area contributed by atoms with Crippen LogP contribution in [0.3, 0.4) is 0 Å². The summed E-state index contributed by atoms with van der Waals surface area (Å²) in [5, 5.41) is 3.68. The molecule has 0 unspecified atom stereocenters. The van der Waals surface area contributed by atoms with Crippen molar-refractivity contribution in [1.82, 2.24) is 9.78 Å². The van der Waals surface area contributed by atoms with Gasteiger partial charge in [0.25, 0.3) is 5.56 Å². The molecule has 1 aromatic heterocycles. The third-order valence-electron chi connectivity index (χ3n) is 3.39. The topological polar surface area (TPSA) is 50.1 Å². The van der Waals surface area contributed by atoms with Crippen LogP contribution in [0.2, 0.25) is 5.02 Å². The Kier molecular flexibility index (Phi) is 4.50. The molecular weight excluding hydrogens is 378 g/mol. The molecule has 4 nitrogen and oxygen atoms in total. The second-order valence-electron chi connectivity index (χ2n) is 4.98. The van der Waals surface area contributed by atoms with Gasteiger partial charge < -0.3 is 0 Å². The average Bonchev–Trinajstić information content (AvgIpc) is 2.82. The smallest absolute Gasteiger partial charge is 0.280 e. The number of benzene rings is 2. The third-order valence-corrected chi connectivity index (χ3v) is 4.31. The average molecular weight is 391 g/mol. The highest BCUT2D eigenvalue weighted by atomic mass is 79.9. The normalized spacial score (nSPS) is 11.3. The van der Waals surface area contributed by atoms with Crippen molar-refractivity contribution in [1.29, 1.82) is 0 Å². The van der Waals surface area contributed by atoms with E-state index in [0.29, 0.717) is 10.6 Å². The molecule has 0 bridgehead atoms. The Labute approximate surface area is 146 Å². The van der Waals surface area contributed by atoms with Gasteiger partial charge in [-0.1, -0.05) is 23.7 Å². The number of nitrogens with one attached hydrogen (secondary N) is 1. The number of hydrogen-bond acceptors (Lipinski definition) is 2. The fraction of sp³-hybridized carbons (Fsp3) is 0.0588. The minimum atomic E-state index is -0.152. The number of para-hydroxylation sites is 1. The molecule has 23 heavy (non-hydrogen) atoms. The SMILES string of the molecule is Cc1[nH]n(-c2ccc(Cl)cc2)c(=O)c1C=Nc1ccccc1Br. The summed E-state index contributed by atoms with van der Waals surface area (Å²) >= 11 is 9.32. The predicted octanol–water partition coefficient (Wildman–Crippen LogP) is 4.64. The minimum absolute atomic E-state index is 0.152. The lowest BCUT2D eigenvalue weighted by Crippen LogP contribution is -2.17. The zero-order chi connectivity index (χ0) is 16.4. The summed E-state index contributed by atoms with van der Waals surface area (Å²) in [6, 6.07) is 14.7. The minimum Gasteiger partial charge on any atom is -0.295 e. The van der Waals surface area contributed by atoms with E-state index in [1.165, 1.54) is 4.68 Å². The van der Waals surface area contributed by atoms with Crippen molar-refractivity contribution < 1.29 is 0 Å². The van der Waals surface area contributed by atoms with Crippen LogP contribution in [-0.4, -0.2) is 16.0 Å². The molecule has 0 aliphatic carbocycles. The Morgan fingerprint density at radius 1 is 1.17 bits per heavy atom. The summed E-state index contributed by atoms with van der Waals surface area (Å²) in [4.78, 5) is 17.0. The lowest BCUT2D eigenvalue weighted by molar-refractivity contribution is 0.835. The van der Waals surface area contributed by atoms with Gasteiger partial charge in [0.15, 0.2) is 0 Å². The van der Waals surface area contributed by atoms with E-state index in [2.05, 4.69) is 26.0 Å². The molecule has 1 heterocycles. The van der Waals surface area contributed by atoms with Gasteiger partial charge in [0.2, 0.25) is 0 Å².